The molecule has 5 nitrogen and oxygen atoms in total. The van der Waals surface area contributed by atoms with Crippen LogP contribution in [0, 0.1) is 5.41 Å². The van der Waals surface area contributed by atoms with E-state index in [0.29, 0.717) is 29.8 Å². The Kier molecular flexibility index (Phi) is 3.59. The van der Waals surface area contributed by atoms with E-state index in [-0.39, 0.29) is 11.2 Å². The molecule has 0 spiro atoms. The number of nitrogens with two attached hydrogens (primary N) is 1. The molecule has 3 N–H and O–H groups in total. The van der Waals surface area contributed by atoms with Crippen LogP contribution in [0.4, 0.5) is 11.8 Å². The molecule has 114 valence electrons. The van der Waals surface area contributed by atoms with E-state index in [1.165, 1.54) is 19.3 Å². The van der Waals surface area contributed by atoms with Crippen LogP contribution < -0.4 is 11.1 Å². The highest BCUT2D eigenvalue weighted by Crippen LogP contribution is 2.36. The smallest absolute Gasteiger partial charge is 0.225 e. The van der Waals surface area contributed by atoms with Gasteiger partial charge in [0.1, 0.15) is 5.82 Å². The van der Waals surface area contributed by atoms with E-state index in [1.807, 2.05) is 0 Å². The van der Waals surface area contributed by atoms with Crippen molar-refractivity contribution >= 4 is 17.5 Å². The first-order chi connectivity index (χ1) is 9.94. The van der Waals surface area contributed by atoms with Crippen molar-refractivity contribution in [3.8, 4) is 0 Å². The molecular formula is C16H24N4O. The number of Topliss-reactive ketones (excluding diaryl/α,β-unsaturated/α-hetero) is 1. The van der Waals surface area contributed by atoms with E-state index in [2.05, 4.69) is 29.1 Å². The minimum Gasteiger partial charge on any atom is -0.383 e. The van der Waals surface area contributed by atoms with Crippen LogP contribution in [0.25, 0.3) is 0 Å². The van der Waals surface area contributed by atoms with Crippen molar-refractivity contribution in [2.75, 3.05) is 11.1 Å². The van der Waals surface area contributed by atoms with Crippen LogP contribution in [-0.2, 0) is 6.42 Å². The maximum Gasteiger partial charge on any atom is 0.225 e. The summed E-state index contributed by atoms with van der Waals surface area (Å²) in [5.74, 6) is 0.991. The molecule has 0 bridgehead atoms. The number of anilines is 2. The Morgan fingerprint density at radius 3 is 2.57 bits per heavy atom. The Morgan fingerprint density at radius 2 is 1.86 bits per heavy atom. The van der Waals surface area contributed by atoms with Crippen molar-refractivity contribution in [3.63, 3.8) is 0 Å². The van der Waals surface area contributed by atoms with Gasteiger partial charge in [0.2, 0.25) is 5.95 Å². The number of ketones is 1. The summed E-state index contributed by atoms with van der Waals surface area (Å²) < 4.78 is 0. The lowest BCUT2D eigenvalue weighted by Gasteiger charge is -2.30. The maximum absolute atomic E-state index is 12.2. The third-order valence-electron chi connectivity index (χ3n) is 4.51. The molecule has 1 aromatic heterocycles. The average molecular weight is 288 g/mol. The first kappa shape index (κ1) is 14.3. The van der Waals surface area contributed by atoms with Gasteiger partial charge in [-0.2, -0.15) is 4.98 Å². The number of nitrogens with one attached hydrogen (secondary N) is 1. The fourth-order valence-corrected chi connectivity index (χ4v) is 3.49. The van der Waals surface area contributed by atoms with Crippen LogP contribution in [0.15, 0.2) is 0 Å². The zero-order valence-electron chi connectivity index (χ0n) is 12.9. The van der Waals surface area contributed by atoms with Gasteiger partial charge >= 0.3 is 0 Å². The molecule has 0 aromatic carbocycles. The van der Waals surface area contributed by atoms with Gasteiger partial charge in [-0.25, -0.2) is 4.98 Å². The molecule has 1 heterocycles. The van der Waals surface area contributed by atoms with Crippen molar-refractivity contribution in [2.45, 2.75) is 64.8 Å². The second-order valence-corrected chi connectivity index (χ2v) is 7.17. The molecular weight excluding hydrogens is 264 g/mol. The average Bonchev–Trinajstić information content (AvgIpc) is 2.37. The Morgan fingerprint density at radius 1 is 1.14 bits per heavy atom. The second kappa shape index (κ2) is 5.28. The third kappa shape index (κ3) is 3.01. The monoisotopic (exact) mass is 288 g/mol. The number of carbonyl (C=O) groups excluding carboxylic acids is 1. The molecule has 0 amide bonds. The molecule has 2 aliphatic carbocycles. The van der Waals surface area contributed by atoms with E-state index < -0.39 is 0 Å². The predicted octanol–water partition coefficient (Wildman–Crippen LogP) is 2.96. The minimum absolute atomic E-state index is 0.0486. The van der Waals surface area contributed by atoms with Gasteiger partial charge < -0.3 is 11.1 Å². The highest BCUT2D eigenvalue weighted by Gasteiger charge is 2.34. The summed E-state index contributed by atoms with van der Waals surface area (Å²) >= 11 is 0. The summed E-state index contributed by atoms with van der Waals surface area (Å²) in [7, 11) is 0. The van der Waals surface area contributed by atoms with Crippen molar-refractivity contribution in [1.29, 1.82) is 0 Å². The number of carbonyl (C=O) groups is 1. The molecule has 1 aromatic rings. The summed E-state index contributed by atoms with van der Waals surface area (Å²) in [6.45, 7) is 4.20. The number of hydrogen-bond acceptors (Lipinski definition) is 5. The lowest BCUT2D eigenvalue weighted by Crippen LogP contribution is -2.30. The van der Waals surface area contributed by atoms with Gasteiger partial charge in [0.15, 0.2) is 5.78 Å². The first-order valence-electron chi connectivity index (χ1n) is 7.91. The standard InChI is InChI=1S/C16H24N4O/c1-16(2)8-11-13(12(21)9-16)14(17)20-15(19-11)18-10-6-4-3-5-7-10/h10H,3-9H2,1-2H3,(H3,17,18,19,20). The van der Waals surface area contributed by atoms with Gasteiger partial charge in [-0.1, -0.05) is 33.1 Å². The highest BCUT2D eigenvalue weighted by molar-refractivity contribution is 6.02. The molecule has 1 saturated carbocycles. The van der Waals surface area contributed by atoms with Crippen molar-refractivity contribution in [3.05, 3.63) is 11.3 Å². The van der Waals surface area contributed by atoms with E-state index in [4.69, 9.17) is 5.73 Å². The Balaban J connectivity index is 1.87. The first-order valence-corrected chi connectivity index (χ1v) is 7.91. The maximum atomic E-state index is 12.2. The van der Waals surface area contributed by atoms with Crippen LogP contribution in [0.1, 0.15) is 68.4 Å². The quantitative estimate of drug-likeness (QED) is 0.874. The minimum atomic E-state index is -0.0486. The van der Waals surface area contributed by atoms with E-state index in [0.717, 1.165) is 25.0 Å². The normalized spacial score (nSPS) is 21.9. The number of nitrogen functional groups attached to an aromatic ring is 1. The van der Waals surface area contributed by atoms with Crippen LogP contribution in [0.5, 0.6) is 0 Å². The highest BCUT2D eigenvalue weighted by atomic mass is 16.1. The summed E-state index contributed by atoms with van der Waals surface area (Å²) in [6.07, 6.45) is 7.43. The predicted molar refractivity (Wildman–Crippen MR) is 83.4 cm³/mol. The zero-order chi connectivity index (χ0) is 15.0. The van der Waals surface area contributed by atoms with Gasteiger partial charge in [0, 0.05) is 12.5 Å². The Labute approximate surface area is 125 Å². The molecule has 0 saturated heterocycles. The SMILES string of the molecule is CC1(C)CC(=O)c2c(N)nc(NC3CCCCC3)nc2C1. The molecule has 21 heavy (non-hydrogen) atoms. The topological polar surface area (TPSA) is 80.9 Å². The summed E-state index contributed by atoms with van der Waals surface area (Å²) in [5.41, 5.74) is 7.32. The molecule has 5 heteroatoms. The van der Waals surface area contributed by atoms with Crippen LogP contribution in [0.2, 0.25) is 0 Å². The summed E-state index contributed by atoms with van der Waals surface area (Å²) in [4.78, 5) is 21.1. The Hall–Kier alpha value is -1.65. The lowest BCUT2D eigenvalue weighted by molar-refractivity contribution is 0.0911. The molecule has 0 atom stereocenters. The fraction of sp³-hybridized carbons (Fsp3) is 0.688. The molecule has 1 fully saturated rings. The largest absolute Gasteiger partial charge is 0.383 e. The van der Waals surface area contributed by atoms with Crippen LogP contribution in [-0.4, -0.2) is 21.8 Å². The van der Waals surface area contributed by atoms with Crippen molar-refractivity contribution < 1.29 is 4.79 Å². The van der Waals surface area contributed by atoms with Crippen LogP contribution >= 0.6 is 0 Å². The molecule has 0 radical (unpaired) electrons. The molecule has 2 aliphatic rings. The number of aromatic nitrogens is 2. The number of rotatable bonds is 2. The lowest BCUT2D eigenvalue weighted by atomic mass is 9.76. The number of fused-ring (bicyclic) bond motifs is 1. The molecule has 0 aliphatic heterocycles. The second-order valence-electron chi connectivity index (χ2n) is 7.17. The van der Waals surface area contributed by atoms with E-state index >= 15 is 0 Å². The van der Waals surface area contributed by atoms with Gasteiger partial charge in [-0.15, -0.1) is 0 Å². The van der Waals surface area contributed by atoms with Crippen LogP contribution in [0.3, 0.4) is 0 Å². The Bertz CT molecular complexity index is 562. The fourth-order valence-electron chi connectivity index (χ4n) is 3.49. The van der Waals surface area contributed by atoms with Gasteiger partial charge in [-0.05, 0) is 24.7 Å². The number of nitrogens with zero attached hydrogens (tertiary/aromatic N) is 2. The van der Waals surface area contributed by atoms with Gasteiger partial charge in [0.05, 0.1) is 11.3 Å². The van der Waals surface area contributed by atoms with Crippen molar-refractivity contribution in [1.82, 2.24) is 9.97 Å². The number of hydrogen-bond donors (Lipinski definition) is 2. The van der Waals surface area contributed by atoms with E-state index in [1.54, 1.807) is 0 Å². The van der Waals surface area contributed by atoms with Gasteiger partial charge in [0.25, 0.3) is 0 Å². The van der Waals surface area contributed by atoms with Gasteiger partial charge in [-0.3, -0.25) is 4.79 Å². The molecule has 3 rings (SSSR count). The summed E-state index contributed by atoms with van der Waals surface area (Å²) in [5, 5.41) is 3.40. The third-order valence-corrected chi connectivity index (χ3v) is 4.51. The zero-order valence-corrected chi connectivity index (χ0v) is 12.9. The summed E-state index contributed by atoms with van der Waals surface area (Å²) in [6, 6.07) is 0.434. The molecule has 0 unspecified atom stereocenters. The van der Waals surface area contributed by atoms with Crippen molar-refractivity contribution in [2.24, 2.45) is 5.41 Å². The van der Waals surface area contributed by atoms with E-state index in [9.17, 15) is 4.79 Å².